The van der Waals surface area contributed by atoms with Gasteiger partial charge in [0.25, 0.3) is 0 Å². The Labute approximate surface area is 146 Å². The molecule has 0 amide bonds. The number of thiocarbonyl (C=S) groups is 1. The van der Waals surface area contributed by atoms with Crippen LogP contribution < -0.4 is 5.32 Å². The van der Waals surface area contributed by atoms with E-state index in [1.165, 1.54) is 0 Å². The first-order valence-corrected chi connectivity index (χ1v) is 8.64. The molecule has 0 radical (unpaired) electrons. The molecule has 1 aliphatic heterocycles. The molecule has 2 N–H and O–H groups in total. The Balaban J connectivity index is 1.79. The van der Waals surface area contributed by atoms with Gasteiger partial charge in [-0.15, -0.1) is 10.2 Å². The molecule has 2 heterocycles. The molecule has 1 aromatic carbocycles. The van der Waals surface area contributed by atoms with Gasteiger partial charge in [0, 0.05) is 25.1 Å². The number of fused-ring (bicyclic) bond motifs is 1. The summed E-state index contributed by atoms with van der Waals surface area (Å²) in [6, 6.07) is 6.00. The average molecular weight is 346 g/mol. The van der Waals surface area contributed by atoms with Crippen molar-refractivity contribution in [2.24, 2.45) is 10.2 Å². The number of azo groups is 1. The highest BCUT2D eigenvalue weighted by Gasteiger charge is 2.17. The quantitative estimate of drug-likeness (QED) is 0.652. The molecule has 0 saturated carbocycles. The summed E-state index contributed by atoms with van der Waals surface area (Å²) in [5, 5.41) is 22.9. The molecular weight excluding hydrogens is 324 g/mol. The minimum atomic E-state index is 0.115. The van der Waals surface area contributed by atoms with Gasteiger partial charge in [0.1, 0.15) is 0 Å². The SMILES string of the molecule is CCn1c(O)c(N=NC(=S)NC[C@@H]2CCCO2)c2cc(C)ccc21. The lowest BCUT2D eigenvalue weighted by atomic mass is 10.1. The van der Waals surface area contributed by atoms with Crippen molar-refractivity contribution >= 4 is 33.9 Å². The molecule has 1 aromatic heterocycles. The summed E-state index contributed by atoms with van der Waals surface area (Å²) < 4.78 is 7.35. The Kier molecular flexibility index (Phi) is 5.11. The third-order valence-electron chi connectivity index (χ3n) is 4.23. The maximum Gasteiger partial charge on any atom is 0.220 e. The zero-order chi connectivity index (χ0) is 17.1. The van der Waals surface area contributed by atoms with E-state index in [0.717, 1.165) is 35.9 Å². The first kappa shape index (κ1) is 16.9. The van der Waals surface area contributed by atoms with Crippen LogP contribution in [0.15, 0.2) is 28.4 Å². The van der Waals surface area contributed by atoms with Crippen molar-refractivity contribution < 1.29 is 9.84 Å². The predicted octanol–water partition coefficient (Wildman–Crippen LogP) is 3.81. The number of aryl methyl sites for hydroxylation is 2. The first-order valence-electron chi connectivity index (χ1n) is 8.23. The van der Waals surface area contributed by atoms with Crippen LogP contribution in [0.5, 0.6) is 5.88 Å². The van der Waals surface area contributed by atoms with Gasteiger partial charge in [-0.25, -0.2) is 0 Å². The maximum atomic E-state index is 10.4. The Morgan fingerprint density at radius 3 is 3.04 bits per heavy atom. The van der Waals surface area contributed by atoms with Crippen LogP contribution in [0.1, 0.15) is 25.3 Å². The Morgan fingerprint density at radius 2 is 2.33 bits per heavy atom. The summed E-state index contributed by atoms with van der Waals surface area (Å²) in [5.74, 6) is 0.115. The molecule has 0 aliphatic carbocycles. The van der Waals surface area contributed by atoms with Crippen LogP contribution in [-0.4, -0.2) is 34.0 Å². The van der Waals surface area contributed by atoms with Crippen molar-refractivity contribution in [1.82, 2.24) is 9.88 Å². The van der Waals surface area contributed by atoms with Gasteiger partial charge in [-0.3, -0.25) is 0 Å². The van der Waals surface area contributed by atoms with Crippen molar-refractivity contribution in [2.75, 3.05) is 13.2 Å². The van der Waals surface area contributed by atoms with Gasteiger partial charge in [-0.1, -0.05) is 11.6 Å². The topological polar surface area (TPSA) is 71.1 Å². The van der Waals surface area contributed by atoms with Crippen LogP contribution in [0.2, 0.25) is 0 Å². The number of aromatic hydroxyl groups is 1. The van der Waals surface area contributed by atoms with Crippen molar-refractivity contribution in [3.05, 3.63) is 23.8 Å². The first-order chi connectivity index (χ1) is 11.6. The fourth-order valence-electron chi connectivity index (χ4n) is 2.99. The van der Waals surface area contributed by atoms with Crippen molar-refractivity contribution in [3.8, 4) is 5.88 Å². The second-order valence-electron chi connectivity index (χ2n) is 5.96. The number of nitrogens with one attached hydrogen (secondary N) is 1. The zero-order valence-corrected chi connectivity index (χ0v) is 14.8. The van der Waals surface area contributed by atoms with Crippen molar-refractivity contribution in [3.63, 3.8) is 0 Å². The van der Waals surface area contributed by atoms with Gasteiger partial charge in [0.15, 0.2) is 5.69 Å². The lowest BCUT2D eigenvalue weighted by Gasteiger charge is -2.09. The van der Waals surface area contributed by atoms with Gasteiger partial charge < -0.3 is 19.7 Å². The van der Waals surface area contributed by atoms with Gasteiger partial charge >= 0.3 is 0 Å². The van der Waals surface area contributed by atoms with E-state index in [4.69, 9.17) is 17.0 Å². The molecule has 0 spiro atoms. The van der Waals surface area contributed by atoms with E-state index in [-0.39, 0.29) is 12.0 Å². The van der Waals surface area contributed by atoms with E-state index in [0.29, 0.717) is 23.9 Å². The van der Waals surface area contributed by atoms with Gasteiger partial charge in [0.05, 0.1) is 11.6 Å². The number of aromatic nitrogens is 1. The van der Waals surface area contributed by atoms with E-state index >= 15 is 0 Å². The van der Waals surface area contributed by atoms with Crippen LogP contribution in [0.3, 0.4) is 0 Å². The summed E-state index contributed by atoms with van der Waals surface area (Å²) in [6.45, 7) is 6.09. The second-order valence-corrected chi connectivity index (χ2v) is 6.34. The Hall–Kier alpha value is -1.99. The van der Waals surface area contributed by atoms with Crippen molar-refractivity contribution in [1.29, 1.82) is 0 Å². The van der Waals surface area contributed by atoms with Crippen LogP contribution in [0.25, 0.3) is 10.9 Å². The highest BCUT2D eigenvalue weighted by Crippen LogP contribution is 2.39. The number of rotatable bonds is 4. The minimum absolute atomic E-state index is 0.115. The van der Waals surface area contributed by atoms with E-state index in [2.05, 4.69) is 15.5 Å². The standard InChI is InChI=1S/C17H22N4O2S/c1-3-21-14-7-6-11(2)9-13(14)15(16(21)22)19-20-17(24)18-10-12-5-4-8-23-12/h6-7,9,12,22H,3-5,8,10H2,1-2H3,(H,18,24)/t12-/m0/s1. The fourth-order valence-corrected chi connectivity index (χ4v) is 3.12. The normalized spacial score (nSPS) is 17.8. The highest BCUT2D eigenvalue weighted by atomic mass is 32.1. The lowest BCUT2D eigenvalue weighted by Crippen LogP contribution is -2.29. The Morgan fingerprint density at radius 1 is 1.50 bits per heavy atom. The summed E-state index contributed by atoms with van der Waals surface area (Å²) in [4.78, 5) is 0. The molecule has 1 atom stereocenters. The predicted molar refractivity (Wildman–Crippen MR) is 98.1 cm³/mol. The van der Waals surface area contributed by atoms with Gasteiger partial charge in [0.2, 0.25) is 11.0 Å². The molecule has 1 saturated heterocycles. The molecular formula is C17H22N4O2S. The summed E-state index contributed by atoms with van der Waals surface area (Å²) >= 11 is 5.20. The molecule has 128 valence electrons. The molecule has 3 rings (SSSR count). The van der Waals surface area contributed by atoms with Crippen molar-refractivity contribution in [2.45, 2.75) is 39.3 Å². The Bertz CT molecular complexity index is 778. The van der Waals surface area contributed by atoms with Crippen LogP contribution in [0.4, 0.5) is 5.69 Å². The maximum absolute atomic E-state index is 10.4. The third-order valence-corrected chi connectivity index (χ3v) is 4.45. The fraction of sp³-hybridized carbons (Fsp3) is 0.471. The molecule has 1 aliphatic rings. The molecule has 6 nitrogen and oxygen atoms in total. The molecule has 0 unspecified atom stereocenters. The molecule has 2 aromatic rings. The number of hydrogen-bond donors (Lipinski definition) is 2. The second kappa shape index (κ2) is 7.27. The smallest absolute Gasteiger partial charge is 0.220 e. The van der Waals surface area contributed by atoms with E-state index in [1.54, 1.807) is 0 Å². The lowest BCUT2D eigenvalue weighted by molar-refractivity contribution is 0.114. The number of ether oxygens (including phenoxy) is 1. The van der Waals surface area contributed by atoms with E-state index < -0.39 is 0 Å². The highest BCUT2D eigenvalue weighted by molar-refractivity contribution is 7.80. The minimum Gasteiger partial charge on any atom is -0.493 e. The summed E-state index contributed by atoms with van der Waals surface area (Å²) in [6.07, 6.45) is 2.32. The third kappa shape index (κ3) is 3.42. The van der Waals surface area contributed by atoms with Crippen LogP contribution >= 0.6 is 12.2 Å². The molecule has 1 fully saturated rings. The van der Waals surface area contributed by atoms with Gasteiger partial charge in [-0.2, -0.15) is 0 Å². The summed E-state index contributed by atoms with van der Waals surface area (Å²) in [5.41, 5.74) is 2.50. The van der Waals surface area contributed by atoms with Crippen LogP contribution in [-0.2, 0) is 11.3 Å². The molecule has 24 heavy (non-hydrogen) atoms. The zero-order valence-electron chi connectivity index (χ0n) is 14.0. The summed E-state index contributed by atoms with van der Waals surface area (Å²) in [7, 11) is 0. The largest absolute Gasteiger partial charge is 0.493 e. The molecule has 0 bridgehead atoms. The number of nitrogens with zero attached hydrogens (tertiary/aromatic N) is 3. The van der Waals surface area contributed by atoms with Gasteiger partial charge in [-0.05, 0) is 51.0 Å². The number of hydrogen-bond acceptors (Lipinski definition) is 4. The van der Waals surface area contributed by atoms with E-state index in [9.17, 15) is 5.11 Å². The van der Waals surface area contributed by atoms with Crippen LogP contribution in [0, 0.1) is 6.92 Å². The average Bonchev–Trinajstić information content (AvgIpc) is 3.17. The monoisotopic (exact) mass is 346 g/mol. The molecule has 7 heteroatoms. The number of benzene rings is 1. The van der Waals surface area contributed by atoms with E-state index in [1.807, 2.05) is 36.6 Å².